The molecule has 0 saturated heterocycles. The number of alkyl halides is 6. The molecule has 5 nitrogen and oxygen atoms in total. The van der Waals surface area contributed by atoms with Crippen molar-refractivity contribution in [3.05, 3.63) is 107 Å². The van der Waals surface area contributed by atoms with Crippen LogP contribution in [0.5, 0.6) is 0 Å². The standard InChI is InChI=1S/C26H18F7N5/c1-34-22-12-11-20(13-21(22)26(31,32)33)37(16-25(28,29)30)15-23-35-36-24(18-7-9-19(27)10-8-18)38(23)14-17-5-3-2-4-6-17/h2-13H,14-16H2. The van der Waals surface area contributed by atoms with E-state index in [1.54, 1.807) is 30.3 Å². The van der Waals surface area contributed by atoms with Gasteiger partial charge in [-0.2, -0.15) is 26.3 Å². The third-order valence-corrected chi connectivity index (χ3v) is 5.59. The van der Waals surface area contributed by atoms with Gasteiger partial charge in [-0.1, -0.05) is 36.4 Å². The quantitative estimate of drug-likeness (QED) is 0.185. The second-order valence-corrected chi connectivity index (χ2v) is 8.30. The van der Waals surface area contributed by atoms with Crippen LogP contribution in [-0.2, 0) is 19.3 Å². The van der Waals surface area contributed by atoms with E-state index in [-0.39, 0.29) is 23.9 Å². The zero-order valence-corrected chi connectivity index (χ0v) is 19.4. The van der Waals surface area contributed by atoms with Gasteiger partial charge in [0.25, 0.3) is 0 Å². The van der Waals surface area contributed by atoms with Crippen LogP contribution in [0.25, 0.3) is 16.2 Å². The Labute approximate surface area is 212 Å². The number of nitrogens with zero attached hydrogens (tertiary/aromatic N) is 5. The number of hydrogen-bond donors (Lipinski definition) is 0. The molecule has 196 valence electrons. The third kappa shape index (κ3) is 6.29. The smallest absolute Gasteiger partial charge is 0.355 e. The van der Waals surface area contributed by atoms with E-state index in [0.29, 0.717) is 16.5 Å². The Hall–Kier alpha value is -4.40. The van der Waals surface area contributed by atoms with Crippen molar-refractivity contribution in [1.29, 1.82) is 0 Å². The van der Waals surface area contributed by atoms with Crippen molar-refractivity contribution in [2.75, 3.05) is 11.4 Å². The molecule has 0 aliphatic rings. The van der Waals surface area contributed by atoms with E-state index < -0.39 is 42.5 Å². The fourth-order valence-electron chi connectivity index (χ4n) is 3.87. The van der Waals surface area contributed by atoms with Crippen molar-refractivity contribution in [2.45, 2.75) is 25.4 Å². The summed E-state index contributed by atoms with van der Waals surface area (Å²) in [7, 11) is 0. The number of halogens is 7. The van der Waals surface area contributed by atoms with Crippen molar-refractivity contribution in [2.24, 2.45) is 0 Å². The van der Waals surface area contributed by atoms with Gasteiger partial charge in [-0.3, -0.25) is 0 Å². The van der Waals surface area contributed by atoms with Crippen molar-refractivity contribution < 1.29 is 30.7 Å². The molecule has 38 heavy (non-hydrogen) atoms. The average molecular weight is 533 g/mol. The van der Waals surface area contributed by atoms with E-state index in [9.17, 15) is 30.7 Å². The largest absolute Gasteiger partial charge is 0.407 e. The first-order valence-corrected chi connectivity index (χ1v) is 11.1. The molecule has 0 amide bonds. The summed E-state index contributed by atoms with van der Waals surface area (Å²) in [5.74, 6) is -0.210. The molecule has 0 bridgehead atoms. The number of anilines is 1. The molecule has 4 aromatic rings. The Kier molecular flexibility index (Phi) is 7.39. The fourth-order valence-corrected chi connectivity index (χ4v) is 3.87. The van der Waals surface area contributed by atoms with Gasteiger partial charge in [-0.05, 0) is 42.0 Å². The number of rotatable bonds is 7. The first-order chi connectivity index (χ1) is 17.9. The Morgan fingerprint density at radius 3 is 2.16 bits per heavy atom. The van der Waals surface area contributed by atoms with Crippen LogP contribution in [0.15, 0.2) is 72.8 Å². The Balaban J connectivity index is 1.80. The summed E-state index contributed by atoms with van der Waals surface area (Å²) in [4.78, 5) is 3.53. The molecule has 0 unspecified atom stereocenters. The van der Waals surface area contributed by atoms with Gasteiger partial charge in [0.05, 0.1) is 25.2 Å². The summed E-state index contributed by atoms with van der Waals surface area (Å²) < 4.78 is 96.2. The molecule has 0 saturated carbocycles. The molecule has 0 radical (unpaired) electrons. The summed E-state index contributed by atoms with van der Waals surface area (Å²) in [6.07, 6.45) is -9.70. The van der Waals surface area contributed by atoms with Crippen LogP contribution in [0.1, 0.15) is 17.0 Å². The zero-order valence-electron chi connectivity index (χ0n) is 19.4. The molecule has 0 N–H and O–H groups in total. The van der Waals surface area contributed by atoms with Gasteiger partial charge in [-0.15, -0.1) is 10.2 Å². The molecule has 0 atom stereocenters. The SMILES string of the molecule is [C-]#[N+]c1ccc(N(Cc2nnc(-c3ccc(F)cc3)n2Cc2ccccc2)CC(F)(F)F)cc1C(F)(F)F. The van der Waals surface area contributed by atoms with E-state index in [1.807, 2.05) is 0 Å². The lowest BCUT2D eigenvalue weighted by molar-refractivity contribution is -0.136. The maximum absolute atomic E-state index is 13.5. The Morgan fingerprint density at radius 1 is 0.868 bits per heavy atom. The van der Waals surface area contributed by atoms with Gasteiger partial charge in [0, 0.05) is 11.3 Å². The molecule has 0 spiro atoms. The maximum atomic E-state index is 13.5. The number of hydrogen-bond acceptors (Lipinski definition) is 3. The van der Waals surface area contributed by atoms with Crippen LogP contribution in [-0.4, -0.2) is 27.5 Å². The predicted molar refractivity (Wildman–Crippen MR) is 126 cm³/mol. The summed E-state index contributed by atoms with van der Waals surface area (Å²) >= 11 is 0. The Bertz CT molecular complexity index is 1440. The molecule has 1 aromatic heterocycles. The molecule has 12 heteroatoms. The number of aromatic nitrogens is 3. The first-order valence-electron chi connectivity index (χ1n) is 11.1. The maximum Gasteiger partial charge on any atom is 0.407 e. The lowest BCUT2D eigenvalue weighted by Gasteiger charge is -2.27. The van der Waals surface area contributed by atoms with Crippen LogP contribution in [0.3, 0.4) is 0 Å². The minimum absolute atomic E-state index is 0.0419. The molecule has 0 aliphatic carbocycles. The molecule has 1 heterocycles. The minimum Gasteiger partial charge on any atom is -0.355 e. The highest BCUT2D eigenvalue weighted by molar-refractivity contribution is 5.62. The summed E-state index contributed by atoms with van der Waals surface area (Å²) in [5.41, 5.74) is -1.24. The molecule has 4 rings (SSSR count). The van der Waals surface area contributed by atoms with E-state index in [2.05, 4.69) is 15.0 Å². The van der Waals surface area contributed by atoms with E-state index in [4.69, 9.17) is 6.57 Å². The lowest BCUT2D eigenvalue weighted by Crippen LogP contribution is -2.35. The van der Waals surface area contributed by atoms with Gasteiger partial charge < -0.3 is 9.47 Å². The summed E-state index contributed by atoms with van der Waals surface area (Å²) in [6.45, 7) is 5.00. The van der Waals surface area contributed by atoms with Gasteiger partial charge in [-0.25, -0.2) is 9.24 Å². The third-order valence-electron chi connectivity index (χ3n) is 5.59. The lowest BCUT2D eigenvalue weighted by atomic mass is 10.1. The second-order valence-electron chi connectivity index (χ2n) is 8.30. The first kappa shape index (κ1) is 26.7. The number of benzene rings is 3. The van der Waals surface area contributed by atoms with E-state index >= 15 is 0 Å². The normalized spacial score (nSPS) is 11.8. The highest BCUT2D eigenvalue weighted by Crippen LogP contribution is 2.39. The van der Waals surface area contributed by atoms with Gasteiger partial charge in [0.2, 0.25) is 0 Å². The van der Waals surface area contributed by atoms with Crippen LogP contribution in [0.4, 0.5) is 42.1 Å². The second kappa shape index (κ2) is 10.5. The minimum atomic E-state index is -4.94. The molecular weight excluding hydrogens is 515 g/mol. The van der Waals surface area contributed by atoms with Gasteiger partial charge in [0.1, 0.15) is 12.4 Å². The van der Waals surface area contributed by atoms with E-state index in [1.165, 1.54) is 28.8 Å². The predicted octanol–water partition coefficient (Wildman–Crippen LogP) is 7.27. The van der Waals surface area contributed by atoms with Gasteiger partial charge >= 0.3 is 12.4 Å². The van der Waals surface area contributed by atoms with Crippen molar-refractivity contribution >= 4 is 11.4 Å². The molecule has 3 aromatic carbocycles. The van der Waals surface area contributed by atoms with Crippen LogP contribution in [0, 0.1) is 12.4 Å². The van der Waals surface area contributed by atoms with Gasteiger partial charge in [0.15, 0.2) is 17.3 Å². The zero-order chi connectivity index (χ0) is 27.5. The summed E-state index contributed by atoms with van der Waals surface area (Å²) in [5, 5.41) is 8.15. The molecule has 0 fully saturated rings. The van der Waals surface area contributed by atoms with Crippen molar-refractivity contribution in [3.8, 4) is 11.4 Å². The van der Waals surface area contributed by atoms with E-state index in [0.717, 1.165) is 17.7 Å². The van der Waals surface area contributed by atoms with Crippen LogP contribution < -0.4 is 4.90 Å². The highest BCUT2D eigenvalue weighted by atomic mass is 19.4. The monoisotopic (exact) mass is 533 g/mol. The van der Waals surface area contributed by atoms with Crippen LogP contribution >= 0.6 is 0 Å². The molecule has 0 aliphatic heterocycles. The highest BCUT2D eigenvalue weighted by Gasteiger charge is 2.36. The molecular formula is C26H18F7N5. The average Bonchev–Trinajstić information content (AvgIpc) is 3.24. The van der Waals surface area contributed by atoms with Crippen molar-refractivity contribution in [3.63, 3.8) is 0 Å². The Morgan fingerprint density at radius 2 is 1.55 bits per heavy atom. The van der Waals surface area contributed by atoms with Crippen molar-refractivity contribution in [1.82, 2.24) is 14.8 Å². The van der Waals surface area contributed by atoms with Crippen LogP contribution in [0.2, 0.25) is 0 Å². The summed E-state index contributed by atoms with van der Waals surface area (Å²) in [6, 6.07) is 16.6. The fraction of sp³-hybridized carbons (Fsp3) is 0.192. The topological polar surface area (TPSA) is 38.3 Å².